The Morgan fingerprint density at radius 2 is 1.85 bits per heavy atom. The van der Waals surface area contributed by atoms with Gasteiger partial charge >= 0.3 is 0 Å². The van der Waals surface area contributed by atoms with Crippen LogP contribution in [0.3, 0.4) is 0 Å². The van der Waals surface area contributed by atoms with Gasteiger partial charge in [-0.1, -0.05) is 29.5 Å². The topological polar surface area (TPSA) is 71.9 Å². The highest BCUT2D eigenvalue weighted by atomic mass is 16.5. The Hall–Kier alpha value is -3.54. The number of nitroso groups, excluding NO2 is 1. The highest BCUT2D eigenvalue weighted by Gasteiger charge is 2.27. The van der Waals surface area contributed by atoms with Crippen LogP contribution in [-0.2, 0) is 0 Å². The zero-order valence-corrected chi connectivity index (χ0v) is 20.5. The van der Waals surface area contributed by atoms with Crippen LogP contribution in [0.5, 0.6) is 5.75 Å². The van der Waals surface area contributed by atoms with Crippen LogP contribution in [0.4, 0.5) is 5.82 Å². The summed E-state index contributed by atoms with van der Waals surface area (Å²) in [7, 11) is 0. The van der Waals surface area contributed by atoms with E-state index in [9.17, 15) is 9.70 Å². The number of anilines is 1. The Balaban J connectivity index is 1.66. The number of ether oxygens (including phenoxy) is 1. The highest BCUT2D eigenvalue weighted by Crippen LogP contribution is 2.30. The summed E-state index contributed by atoms with van der Waals surface area (Å²) in [6.07, 6.45) is 4.10. The number of hydrogen-bond donors (Lipinski definition) is 0. The molecule has 1 aliphatic rings. The van der Waals surface area contributed by atoms with Gasteiger partial charge in [0, 0.05) is 18.5 Å². The van der Waals surface area contributed by atoms with E-state index in [2.05, 4.69) is 5.18 Å². The SMILES string of the molecule is Cc1cc(/C=C/C(=O)c2cc3ccccc3nc2N2CCC(N=O)C2)cc(C)c1OC(C)(C)C. The second-order valence-corrected chi connectivity index (χ2v) is 9.94. The maximum absolute atomic E-state index is 13.4. The number of aryl methyl sites for hydroxylation is 2. The predicted molar refractivity (Wildman–Crippen MR) is 138 cm³/mol. The van der Waals surface area contributed by atoms with Crippen molar-refractivity contribution in [3.8, 4) is 5.75 Å². The molecule has 176 valence electrons. The number of allylic oxidation sites excluding steroid dienone is 1. The van der Waals surface area contributed by atoms with Crippen molar-refractivity contribution in [3.63, 3.8) is 0 Å². The smallest absolute Gasteiger partial charge is 0.189 e. The lowest BCUT2D eigenvalue weighted by Gasteiger charge is -2.24. The molecule has 2 aromatic carbocycles. The lowest BCUT2D eigenvalue weighted by molar-refractivity contribution is 0.104. The monoisotopic (exact) mass is 457 g/mol. The van der Waals surface area contributed by atoms with Gasteiger partial charge in [0.05, 0.1) is 11.1 Å². The molecule has 0 radical (unpaired) electrons. The third kappa shape index (κ3) is 5.16. The standard InChI is InChI=1S/C28H31N3O3/c1-18-14-20(15-19(2)26(18)34-28(3,4)5)10-11-25(32)23-16-21-8-6-7-9-24(21)29-27(23)31-13-12-22(17-31)30-33/h6-11,14-16,22H,12-13,17H2,1-5H3/b11-10+. The van der Waals surface area contributed by atoms with Crippen molar-refractivity contribution in [2.45, 2.75) is 52.7 Å². The molecule has 2 heterocycles. The summed E-state index contributed by atoms with van der Waals surface area (Å²) in [6, 6.07) is 13.4. The number of aromatic nitrogens is 1. The summed E-state index contributed by atoms with van der Waals surface area (Å²) in [6.45, 7) is 11.3. The van der Waals surface area contributed by atoms with Crippen molar-refractivity contribution in [2.24, 2.45) is 5.18 Å². The van der Waals surface area contributed by atoms with Gasteiger partial charge in [-0.15, -0.1) is 0 Å². The van der Waals surface area contributed by atoms with Gasteiger partial charge in [-0.2, -0.15) is 4.91 Å². The van der Waals surface area contributed by atoms with Crippen LogP contribution in [0.1, 0.15) is 54.2 Å². The number of carbonyl (C=O) groups is 1. The van der Waals surface area contributed by atoms with E-state index < -0.39 is 0 Å². The fourth-order valence-corrected chi connectivity index (χ4v) is 4.36. The van der Waals surface area contributed by atoms with Crippen molar-refractivity contribution < 1.29 is 9.53 Å². The molecule has 1 aliphatic heterocycles. The van der Waals surface area contributed by atoms with Crippen molar-refractivity contribution in [3.05, 3.63) is 75.7 Å². The number of fused-ring (bicyclic) bond motifs is 1. The van der Waals surface area contributed by atoms with E-state index in [0.29, 0.717) is 30.9 Å². The Labute approximate surface area is 200 Å². The number of para-hydroxylation sites is 1. The molecule has 1 unspecified atom stereocenters. The van der Waals surface area contributed by atoms with Crippen LogP contribution in [-0.4, -0.2) is 35.5 Å². The van der Waals surface area contributed by atoms with Crippen LogP contribution >= 0.6 is 0 Å². The van der Waals surface area contributed by atoms with Crippen molar-refractivity contribution in [2.75, 3.05) is 18.0 Å². The molecule has 1 aromatic heterocycles. The van der Waals surface area contributed by atoms with Crippen LogP contribution in [0.2, 0.25) is 0 Å². The molecule has 34 heavy (non-hydrogen) atoms. The summed E-state index contributed by atoms with van der Waals surface area (Å²) < 4.78 is 6.11. The summed E-state index contributed by atoms with van der Waals surface area (Å²) in [4.78, 5) is 31.2. The maximum Gasteiger partial charge on any atom is 0.189 e. The second kappa shape index (κ2) is 9.37. The number of carbonyl (C=O) groups excluding carboxylic acids is 1. The van der Waals surface area contributed by atoms with Crippen LogP contribution in [0, 0.1) is 18.8 Å². The third-order valence-corrected chi connectivity index (χ3v) is 5.90. The third-order valence-electron chi connectivity index (χ3n) is 5.90. The number of nitrogens with zero attached hydrogens (tertiary/aromatic N) is 3. The van der Waals surface area contributed by atoms with Crippen molar-refractivity contribution in [1.82, 2.24) is 4.98 Å². The van der Waals surface area contributed by atoms with Gasteiger partial charge in [-0.25, -0.2) is 4.98 Å². The highest BCUT2D eigenvalue weighted by molar-refractivity contribution is 6.11. The average Bonchev–Trinajstić information content (AvgIpc) is 3.27. The van der Waals surface area contributed by atoms with E-state index in [0.717, 1.165) is 33.3 Å². The first-order valence-electron chi connectivity index (χ1n) is 11.6. The number of benzene rings is 2. The van der Waals surface area contributed by atoms with E-state index in [-0.39, 0.29) is 17.4 Å². The first kappa shape index (κ1) is 23.6. The second-order valence-electron chi connectivity index (χ2n) is 9.94. The van der Waals surface area contributed by atoms with Gasteiger partial charge in [0.25, 0.3) is 0 Å². The summed E-state index contributed by atoms with van der Waals surface area (Å²) >= 11 is 0. The molecule has 1 saturated heterocycles. The summed E-state index contributed by atoms with van der Waals surface area (Å²) in [5, 5.41) is 4.10. The number of ketones is 1. The quantitative estimate of drug-likeness (QED) is 0.248. The molecule has 3 aromatic rings. The van der Waals surface area contributed by atoms with Crippen LogP contribution in [0.15, 0.2) is 53.7 Å². The Morgan fingerprint density at radius 1 is 1.15 bits per heavy atom. The molecule has 0 N–H and O–H groups in total. The van der Waals surface area contributed by atoms with E-state index in [1.165, 1.54) is 0 Å². The minimum atomic E-state index is -0.281. The lowest BCUT2D eigenvalue weighted by atomic mass is 10.0. The van der Waals surface area contributed by atoms with E-state index >= 15 is 0 Å². The van der Waals surface area contributed by atoms with E-state index in [4.69, 9.17) is 9.72 Å². The van der Waals surface area contributed by atoms with Gasteiger partial charge in [0.2, 0.25) is 0 Å². The fourth-order valence-electron chi connectivity index (χ4n) is 4.36. The van der Waals surface area contributed by atoms with Crippen LogP contribution in [0.25, 0.3) is 17.0 Å². The zero-order valence-electron chi connectivity index (χ0n) is 20.5. The molecule has 0 amide bonds. The molecule has 0 saturated carbocycles. The molecule has 0 bridgehead atoms. The fraction of sp³-hybridized carbons (Fsp3) is 0.357. The van der Waals surface area contributed by atoms with Gasteiger partial charge in [0.15, 0.2) is 5.78 Å². The predicted octanol–water partition coefficient (Wildman–Crippen LogP) is 6.27. The minimum Gasteiger partial charge on any atom is -0.488 e. The molecule has 0 spiro atoms. The normalized spacial score (nSPS) is 16.4. The lowest BCUT2D eigenvalue weighted by Crippen LogP contribution is -2.24. The van der Waals surface area contributed by atoms with Gasteiger partial charge in [-0.05, 0) is 88.1 Å². The van der Waals surface area contributed by atoms with Crippen molar-refractivity contribution >= 4 is 28.6 Å². The molecule has 1 fully saturated rings. The van der Waals surface area contributed by atoms with E-state index in [1.807, 2.05) is 88.1 Å². The van der Waals surface area contributed by atoms with Crippen molar-refractivity contribution in [1.29, 1.82) is 0 Å². The molecular weight excluding hydrogens is 426 g/mol. The molecule has 1 atom stereocenters. The molecule has 4 rings (SSSR count). The Kier molecular flexibility index (Phi) is 6.51. The molecule has 6 heteroatoms. The van der Waals surface area contributed by atoms with Gasteiger partial charge in [0.1, 0.15) is 23.2 Å². The number of rotatable bonds is 6. The first-order valence-corrected chi connectivity index (χ1v) is 11.6. The summed E-state index contributed by atoms with van der Waals surface area (Å²) in [5.41, 5.74) is 4.06. The first-order chi connectivity index (χ1) is 16.1. The minimum absolute atomic E-state index is 0.124. The molecular formula is C28H31N3O3. The Morgan fingerprint density at radius 3 is 2.50 bits per heavy atom. The van der Waals surface area contributed by atoms with E-state index in [1.54, 1.807) is 6.08 Å². The molecule has 6 nitrogen and oxygen atoms in total. The average molecular weight is 458 g/mol. The number of hydrogen-bond acceptors (Lipinski definition) is 6. The maximum atomic E-state index is 13.4. The Bertz CT molecular complexity index is 1250. The van der Waals surface area contributed by atoms with Gasteiger partial charge in [-0.3, -0.25) is 4.79 Å². The molecule has 0 aliphatic carbocycles. The zero-order chi connectivity index (χ0) is 24.5. The van der Waals surface area contributed by atoms with Gasteiger partial charge < -0.3 is 9.64 Å². The summed E-state index contributed by atoms with van der Waals surface area (Å²) in [5.74, 6) is 1.37. The van der Waals surface area contributed by atoms with Crippen LogP contribution < -0.4 is 9.64 Å². The largest absolute Gasteiger partial charge is 0.488 e. The number of pyridine rings is 1.